The van der Waals surface area contributed by atoms with Gasteiger partial charge in [-0.3, -0.25) is 4.79 Å². The first-order chi connectivity index (χ1) is 6.13. The SMILES string of the molecule is [CH2-]CN(C(C)=O)C([CH2-])CC=CCC.[Y]. The fourth-order valence-electron chi connectivity index (χ4n) is 1.14. The Morgan fingerprint density at radius 1 is 1.50 bits per heavy atom. The second-order valence-electron chi connectivity index (χ2n) is 2.98. The molecule has 0 saturated carbocycles. The Labute approximate surface area is 113 Å². The van der Waals surface area contributed by atoms with Crippen molar-refractivity contribution in [1.82, 2.24) is 4.90 Å². The smallest absolute Gasteiger partial charge is 0.214 e. The number of amides is 1. The average molecular weight is 270 g/mol. The van der Waals surface area contributed by atoms with Crippen LogP contribution in [0.5, 0.6) is 0 Å². The fourth-order valence-corrected chi connectivity index (χ4v) is 1.14. The van der Waals surface area contributed by atoms with Gasteiger partial charge in [-0.2, -0.15) is 0 Å². The molecule has 0 aliphatic rings. The van der Waals surface area contributed by atoms with Crippen LogP contribution in [0.4, 0.5) is 0 Å². The molecule has 1 unspecified atom stereocenters. The third kappa shape index (κ3) is 6.72. The molecule has 0 bridgehead atoms. The Morgan fingerprint density at radius 2 is 2.07 bits per heavy atom. The van der Waals surface area contributed by atoms with Crippen molar-refractivity contribution in [3.05, 3.63) is 26.0 Å². The number of rotatable bonds is 5. The summed E-state index contributed by atoms with van der Waals surface area (Å²) in [6, 6.07) is 0.0119. The molecule has 0 N–H and O–H groups in total. The molecule has 1 radical (unpaired) electrons. The normalized spacial score (nSPS) is 12.3. The van der Waals surface area contributed by atoms with E-state index in [0.717, 1.165) is 12.8 Å². The molecular formula is C11H19NOY-2. The molecule has 0 aliphatic heterocycles. The third-order valence-electron chi connectivity index (χ3n) is 1.90. The molecule has 0 spiro atoms. The largest absolute Gasteiger partial charge is 0.400 e. The van der Waals surface area contributed by atoms with Gasteiger partial charge in [0.1, 0.15) is 0 Å². The molecule has 0 heterocycles. The van der Waals surface area contributed by atoms with Crippen molar-refractivity contribution in [2.24, 2.45) is 0 Å². The second-order valence-corrected chi connectivity index (χ2v) is 2.98. The van der Waals surface area contributed by atoms with Crippen LogP contribution >= 0.6 is 0 Å². The predicted octanol–water partition coefficient (Wildman–Crippen LogP) is 2.23. The number of nitrogens with zero attached hydrogens (tertiary/aromatic N) is 1. The molecule has 0 aromatic heterocycles. The maximum atomic E-state index is 11.1. The molecule has 1 atom stereocenters. The second kappa shape index (κ2) is 9.85. The maximum Gasteiger partial charge on any atom is 0.214 e. The van der Waals surface area contributed by atoms with Gasteiger partial charge in [-0.1, -0.05) is 25.1 Å². The molecule has 0 rings (SSSR count). The Kier molecular flexibility index (Phi) is 11.8. The van der Waals surface area contributed by atoms with Crippen molar-refractivity contribution >= 4 is 5.91 Å². The van der Waals surface area contributed by atoms with Crippen LogP contribution < -0.4 is 0 Å². The van der Waals surface area contributed by atoms with Gasteiger partial charge in [-0.15, -0.1) is 6.54 Å². The molecule has 3 heteroatoms. The van der Waals surface area contributed by atoms with Crippen molar-refractivity contribution in [2.45, 2.75) is 32.7 Å². The van der Waals surface area contributed by atoms with Crippen LogP contribution in [-0.2, 0) is 37.5 Å². The molecule has 14 heavy (non-hydrogen) atoms. The van der Waals surface area contributed by atoms with Crippen molar-refractivity contribution < 1.29 is 37.5 Å². The maximum absolute atomic E-state index is 11.1. The predicted molar refractivity (Wildman–Crippen MR) is 55.9 cm³/mol. The van der Waals surface area contributed by atoms with Gasteiger partial charge in [-0.25, -0.2) is 0 Å². The van der Waals surface area contributed by atoms with E-state index in [1.165, 1.54) is 0 Å². The van der Waals surface area contributed by atoms with Crippen molar-refractivity contribution in [3.63, 3.8) is 0 Å². The summed E-state index contributed by atoms with van der Waals surface area (Å²) >= 11 is 0. The number of carbonyl (C=O) groups excluding carboxylic acids is 1. The topological polar surface area (TPSA) is 20.3 Å². The van der Waals surface area contributed by atoms with Crippen molar-refractivity contribution in [3.8, 4) is 0 Å². The van der Waals surface area contributed by atoms with Gasteiger partial charge < -0.3 is 18.7 Å². The molecule has 0 aromatic rings. The van der Waals surface area contributed by atoms with E-state index in [2.05, 4.69) is 32.9 Å². The van der Waals surface area contributed by atoms with Gasteiger partial charge in [0, 0.05) is 39.6 Å². The van der Waals surface area contributed by atoms with E-state index >= 15 is 0 Å². The van der Waals surface area contributed by atoms with Crippen LogP contribution in [0, 0.1) is 13.8 Å². The standard InChI is InChI=1S/C11H19NO.Y/c1-5-7-8-9-10(3)12(6-2)11(4)13;/h7-8,10H,2-3,5-6,9H2,1,4H3;/q-2;. The summed E-state index contributed by atoms with van der Waals surface area (Å²) < 4.78 is 0. The quantitative estimate of drug-likeness (QED) is 0.554. The van der Waals surface area contributed by atoms with Gasteiger partial charge >= 0.3 is 0 Å². The average Bonchev–Trinajstić information content (AvgIpc) is 2.05. The third-order valence-corrected chi connectivity index (χ3v) is 1.90. The molecule has 0 aromatic carbocycles. The Hall–Kier alpha value is 0.314. The molecule has 0 saturated heterocycles. The van der Waals surface area contributed by atoms with Gasteiger partial charge in [0.15, 0.2) is 0 Å². The Morgan fingerprint density at radius 3 is 2.43 bits per heavy atom. The molecular weight excluding hydrogens is 251 g/mol. The molecule has 79 valence electrons. The van der Waals surface area contributed by atoms with Crippen LogP contribution in [0.15, 0.2) is 12.2 Å². The van der Waals surface area contributed by atoms with E-state index in [0.29, 0.717) is 6.54 Å². The van der Waals surface area contributed by atoms with E-state index in [1.54, 1.807) is 11.8 Å². The van der Waals surface area contributed by atoms with E-state index in [9.17, 15) is 4.79 Å². The summed E-state index contributed by atoms with van der Waals surface area (Å²) in [5.41, 5.74) is 0. The summed E-state index contributed by atoms with van der Waals surface area (Å²) in [6.07, 6.45) is 5.98. The van der Waals surface area contributed by atoms with Crippen LogP contribution in [0.2, 0.25) is 0 Å². The monoisotopic (exact) mass is 270 g/mol. The zero-order chi connectivity index (χ0) is 10.3. The first-order valence-corrected chi connectivity index (χ1v) is 4.68. The Balaban J connectivity index is 0. The molecule has 0 fully saturated rings. The van der Waals surface area contributed by atoms with Gasteiger partial charge in [0.25, 0.3) is 0 Å². The summed E-state index contributed by atoms with van der Waals surface area (Å²) in [5.74, 6) is 0.0416. The summed E-state index contributed by atoms with van der Waals surface area (Å²) in [7, 11) is 0. The van der Waals surface area contributed by atoms with Crippen molar-refractivity contribution in [2.75, 3.05) is 6.54 Å². The summed E-state index contributed by atoms with van der Waals surface area (Å²) in [4.78, 5) is 12.7. The zero-order valence-corrected chi connectivity index (χ0v) is 12.0. The van der Waals surface area contributed by atoms with E-state index in [-0.39, 0.29) is 44.7 Å². The first kappa shape index (κ1) is 16.7. The first-order valence-electron chi connectivity index (χ1n) is 4.68. The zero-order valence-electron chi connectivity index (χ0n) is 9.20. The van der Waals surface area contributed by atoms with Crippen LogP contribution in [0.25, 0.3) is 0 Å². The van der Waals surface area contributed by atoms with E-state index in [4.69, 9.17) is 0 Å². The van der Waals surface area contributed by atoms with Crippen LogP contribution in [-0.4, -0.2) is 23.4 Å². The molecule has 2 nitrogen and oxygen atoms in total. The fraction of sp³-hybridized carbons (Fsp3) is 0.545. The molecule has 1 amide bonds. The van der Waals surface area contributed by atoms with E-state index in [1.807, 2.05) is 0 Å². The van der Waals surface area contributed by atoms with Gasteiger partial charge in [0.05, 0.1) is 0 Å². The summed E-state index contributed by atoms with van der Waals surface area (Å²) in [5, 5.41) is 0. The van der Waals surface area contributed by atoms with E-state index < -0.39 is 0 Å². The molecule has 0 aliphatic carbocycles. The van der Waals surface area contributed by atoms with Crippen LogP contribution in [0.3, 0.4) is 0 Å². The number of hydrogen-bond acceptors (Lipinski definition) is 1. The minimum absolute atomic E-state index is 0. The number of allylic oxidation sites excluding steroid dienone is 1. The van der Waals surface area contributed by atoms with Crippen molar-refractivity contribution in [1.29, 1.82) is 0 Å². The minimum atomic E-state index is 0. The van der Waals surface area contributed by atoms with Gasteiger partial charge in [0.2, 0.25) is 5.91 Å². The van der Waals surface area contributed by atoms with Crippen LogP contribution in [0.1, 0.15) is 26.7 Å². The Bertz CT molecular complexity index is 180. The van der Waals surface area contributed by atoms with Gasteiger partial charge in [-0.05, 0) is 12.8 Å². The number of carbonyl (C=O) groups is 1. The summed E-state index contributed by atoms with van der Waals surface area (Å²) in [6.45, 7) is 11.7. The minimum Gasteiger partial charge on any atom is -0.400 e. The number of hydrogen-bond donors (Lipinski definition) is 0.